The van der Waals surface area contributed by atoms with Gasteiger partial charge in [0.25, 0.3) is 5.71 Å². The number of hydrogen-bond acceptors (Lipinski definition) is 5. The van der Waals surface area contributed by atoms with Gasteiger partial charge in [-0.3, -0.25) is 20.2 Å². The largest absolute Gasteiger partial charge is 0.417 e. The van der Waals surface area contributed by atoms with E-state index < -0.39 is 10.6 Å². The molecule has 8 nitrogen and oxygen atoms in total. The van der Waals surface area contributed by atoms with Crippen molar-refractivity contribution in [2.24, 2.45) is 0 Å². The van der Waals surface area contributed by atoms with Gasteiger partial charge in [0.2, 0.25) is 5.71 Å². The predicted octanol–water partition coefficient (Wildman–Crippen LogP) is 0.792. The number of fused-ring (bicyclic) bond motifs is 1. The zero-order chi connectivity index (χ0) is 16.8. The van der Waals surface area contributed by atoms with Crippen LogP contribution < -0.4 is 0 Å². The van der Waals surface area contributed by atoms with Crippen LogP contribution in [0.4, 0.5) is 0 Å². The molecule has 3 rings (SSSR count). The molecule has 118 valence electrons. The van der Waals surface area contributed by atoms with Crippen molar-refractivity contribution < 1.29 is 19.6 Å². The van der Waals surface area contributed by atoms with Gasteiger partial charge in [0.05, 0.1) is 11.0 Å². The van der Waals surface area contributed by atoms with Crippen molar-refractivity contribution in [1.29, 1.82) is 0 Å². The normalized spacial score (nSPS) is 27.8. The van der Waals surface area contributed by atoms with Gasteiger partial charge < -0.3 is 5.21 Å². The lowest BCUT2D eigenvalue weighted by molar-refractivity contribution is -0.725. The van der Waals surface area contributed by atoms with Crippen molar-refractivity contribution in [2.75, 3.05) is 14.1 Å². The molecule has 0 aromatic heterocycles. The van der Waals surface area contributed by atoms with Crippen LogP contribution in [0.3, 0.4) is 0 Å². The van der Waals surface area contributed by atoms with Gasteiger partial charge in [-0.2, -0.15) is 4.58 Å². The quantitative estimate of drug-likeness (QED) is 0.254. The summed E-state index contributed by atoms with van der Waals surface area (Å²) < 4.78 is 1.77. The van der Waals surface area contributed by atoms with E-state index in [0.717, 1.165) is 17.5 Å². The Kier molecular flexibility index (Phi) is 3.17. The highest BCUT2D eigenvalue weighted by molar-refractivity contribution is 6.07. The molecular weight excluding hydrogens is 300 g/mol. The topological polar surface area (TPSA) is 95.7 Å². The fourth-order valence-corrected chi connectivity index (χ4v) is 3.14. The summed E-state index contributed by atoms with van der Waals surface area (Å²) in [4.78, 5) is 12.5. The van der Waals surface area contributed by atoms with Gasteiger partial charge in [-0.05, 0) is 6.08 Å². The average Bonchev–Trinajstić information content (AvgIpc) is 2.71. The number of nitrogens with zero attached hydrogens (tertiary/aromatic N) is 4. The lowest BCUT2D eigenvalue weighted by Gasteiger charge is -2.28. The molecule has 1 atom stereocenters. The highest BCUT2D eigenvalue weighted by Crippen LogP contribution is 2.38. The van der Waals surface area contributed by atoms with Gasteiger partial charge in [0.15, 0.2) is 0 Å². The highest BCUT2D eigenvalue weighted by Gasteiger charge is 2.61. The minimum absolute atomic E-state index is 0.189. The van der Waals surface area contributed by atoms with Crippen LogP contribution in [0, 0.1) is 15.3 Å². The van der Waals surface area contributed by atoms with Crippen molar-refractivity contribution in [3.05, 3.63) is 75.3 Å². The summed E-state index contributed by atoms with van der Waals surface area (Å²) >= 11 is 0. The van der Waals surface area contributed by atoms with Crippen molar-refractivity contribution >= 4 is 11.4 Å². The van der Waals surface area contributed by atoms with E-state index in [0.29, 0.717) is 0 Å². The van der Waals surface area contributed by atoms with Gasteiger partial charge >= 0.3 is 11.4 Å². The van der Waals surface area contributed by atoms with E-state index in [1.807, 2.05) is 30.4 Å². The van der Waals surface area contributed by atoms with E-state index >= 15 is 0 Å². The fourth-order valence-electron chi connectivity index (χ4n) is 3.14. The summed E-state index contributed by atoms with van der Waals surface area (Å²) in [5, 5.41) is 31.7. The van der Waals surface area contributed by atoms with E-state index in [1.165, 1.54) is 6.08 Å². The minimum Gasteiger partial charge on any atom is -0.417 e. The van der Waals surface area contributed by atoms with Gasteiger partial charge in [0, 0.05) is 30.2 Å². The fraction of sp³-hybridized carbons (Fsp3) is 0.200. The van der Waals surface area contributed by atoms with Crippen LogP contribution in [0.1, 0.15) is 0 Å². The van der Waals surface area contributed by atoms with E-state index in [1.54, 1.807) is 29.6 Å². The van der Waals surface area contributed by atoms with Crippen molar-refractivity contribution in [2.45, 2.75) is 5.66 Å². The molecule has 1 spiro atoms. The van der Waals surface area contributed by atoms with Crippen LogP contribution in [-0.2, 0) is 0 Å². The number of nitro groups is 1. The first-order chi connectivity index (χ1) is 10.9. The second kappa shape index (κ2) is 4.94. The standard InChI is InChI=1S/C15H15N4O4/c1-16-12-6-4-3-5-7-13(12)17(2)15(16)9-8-11(18(20)21)10-14(15)19(22)23/h3-10H,1-2H3,(H,20,21)/q+1. The molecule has 2 aliphatic carbocycles. The molecule has 0 fully saturated rings. The van der Waals surface area contributed by atoms with Gasteiger partial charge in [-0.25, -0.2) is 0 Å². The molecule has 3 aliphatic rings. The molecule has 0 radical (unpaired) electrons. The van der Waals surface area contributed by atoms with Crippen LogP contribution in [0.5, 0.6) is 0 Å². The maximum absolute atomic E-state index is 11.6. The molecule has 1 heterocycles. The second-order valence-corrected chi connectivity index (χ2v) is 5.34. The van der Waals surface area contributed by atoms with Crippen LogP contribution in [0.2, 0.25) is 0 Å². The second-order valence-electron chi connectivity index (χ2n) is 5.34. The lowest BCUT2D eigenvalue weighted by atomic mass is 9.97. The number of likely N-dealkylation sites (N-methyl/N-ethyl adjacent to an activating group) is 2. The summed E-state index contributed by atoms with van der Waals surface area (Å²) in [5.74, 6) is 0. The molecule has 8 heteroatoms. The molecule has 0 saturated carbocycles. The smallest absolute Gasteiger partial charge is 0.350 e. The molecule has 0 aromatic carbocycles. The number of rotatable bonds is 1. The highest BCUT2D eigenvalue weighted by atomic mass is 16.8. The third kappa shape index (κ3) is 1.91. The Morgan fingerprint density at radius 2 is 2.00 bits per heavy atom. The van der Waals surface area contributed by atoms with Crippen molar-refractivity contribution in [1.82, 2.24) is 4.90 Å². The van der Waals surface area contributed by atoms with Crippen molar-refractivity contribution in [3.63, 3.8) is 0 Å². The van der Waals surface area contributed by atoms with Crippen LogP contribution in [0.15, 0.2) is 60.0 Å². The summed E-state index contributed by atoms with van der Waals surface area (Å²) in [7, 11) is 3.51. The molecule has 0 unspecified atom stereocenters. The molecule has 0 saturated heterocycles. The number of allylic oxidation sites excluding steroid dienone is 7. The van der Waals surface area contributed by atoms with Crippen LogP contribution >= 0.6 is 0 Å². The third-order valence-corrected chi connectivity index (χ3v) is 4.30. The summed E-state index contributed by atoms with van der Waals surface area (Å²) in [5.41, 5.74) is 0.0710. The van der Waals surface area contributed by atoms with Crippen LogP contribution in [0.25, 0.3) is 0 Å². The Hall–Kier alpha value is -3.16. The third-order valence-electron chi connectivity index (χ3n) is 4.30. The maximum Gasteiger partial charge on any atom is 0.350 e. The first-order valence-electron chi connectivity index (χ1n) is 6.88. The Balaban J connectivity index is 2.27. The molecule has 0 aromatic rings. The molecular formula is C15H15N4O4+. The van der Waals surface area contributed by atoms with E-state index in [9.17, 15) is 15.3 Å². The molecule has 0 bridgehead atoms. The SMILES string of the molecule is CN1C2=CC=CC=CC2=[N+](C)[C@]12C=C/C(=[N+](/[O-])O)C=C2[N+](=O)[O-]. The van der Waals surface area contributed by atoms with Gasteiger partial charge in [-0.1, -0.05) is 18.2 Å². The molecule has 1 N–H and O–H groups in total. The first kappa shape index (κ1) is 14.8. The Morgan fingerprint density at radius 1 is 1.26 bits per heavy atom. The predicted molar refractivity (Wildman–Crippen MR) is 82.7 cm³/mol. The van der Waals surface area contributed by atoms with E-state index in [-0.39, 0.29) is 16.3 Å². The minimum atomic E-state index is -1.17. The lowest BCUT2D eigenvalue weighted by Crippen LogP contribution is -2.52. The zero-order valence-electron chi connectivity index (χ0n) is 12.6. The monoisotopic (exact) mass is 315 g/mol. The number of hydrogen-bond donors (Lipinski definition) is 1. The summed E-state index contributed by atoms with van der Waals surface area (Å²) in [6.07, 6.45) is 13.3. The Bertz CT molecular complexity index is 809. The molecule has 0 amide bonds. The summed E-state index contributed by atoms with van der Waals surface area (Å²) in [6, 6.07) is 0. The maximum atomic E-state index is 11.6. The first-order valence-corrected chi connectivity index (χ1v) is 6.88. The van der Waals surface area contributed by atoms with Crippen molar-refractivity contribution in [3.8, 4) is 0 Å². The van der Waals surface area contributed by atoms with E-state index in [2.05, 4.69) is 0 Å². The van der Waals surface area contributed by atoms with Crippen LogP contribution in [-0.4, -0.2) is 55.7 Å². The van der Waals surface area contributed by atoms with Gasteiger partial charge in [0.1, 0.15) is 12.7 Å². The molecule has 1 aliphatic heterocycles. The van der Waals surface area contributed by atoms with E-state index in [4.69, 9.17) is 5.21 Å². The Morgan fingerprint density at radius 3 is 2.65 bits per heavy atom. The van der Waals surface area contributed by atoms with Gasteiger partial charge in [-0.15, -0.1) is 0 Å². The zero-order valence-corrected chi connectivity index (χ0v) is 12.6. The molecule has 23 heavy (non-hydrogen) atoms. The summed E-state index contributed by atoms with van der Waals surface area (Å²) in [6.45, 7) is 0. The average molecular weight is 315 g/mol. The Labute approximate surface area is 132 Å².